The summed E-state index contributed by atoms with van der Waals surface area (Å²) < 4.78 is 7.62. The van der Waals surface area contributed by atoms with Crippen LogP contribution in [0.3, 0.4) is 0 Å². The van der Waals surface area contributed by atoms with E-state index in [-0.39, 0.29) is 0 Å². The molecular weight excluding hydrogens is 378 g/mol. The van der Waals surface area contributed by atoms with Gasteiger partial charge in [0.15, 0.2) is 0 Å². The summed E-state index contributed by atoms with van der Waals surface area (Å²) >= 11 is 7.58. The Bertz CT molecular complexity index is 1090. The van der Waals surface area contributed by atoms with Gasteiger partial charge in [0, 0.05) is 45.9 Å². The smallest absolute Gasteiger partial charge is 0.129 e. The number of pyridine rings is 1. The summed E-state index contributed by atoms with van der Waals surface area (Å²) in [5.41, 5.74) is 9.09. The molecule has 0 fully saturated rings. The van der Waals surface area contributed by atoms with Gasteiger partial charge in [0.2, 0.25) is 0 Å². The van der Waals surface area contributed by atoms with E-state index in [2.05, 4.69) is 27.9 Å². The molecule has 0 aliphatic heterocycles. The lowest BCUT2D eigenvalue weighted by molar-refractivity contribution is 0.415. The average Bonchev–Trinajstić information content (AvgIpc) is 3.02. The summed E-state index contributed by atoms with van der Waals surface area (Å²) in [7, 11) is 1.68. The van der Waals surface area contributed by atoms with Crippen LogP contribution in [0, 0.1) is 0 Å². The molecule has 136 valence electrons. The van der Waals surface area contributed by atoms with Crippen molar-refractivity contribution in [3.63, 3.8) is 0 Å². The molecule has 0 spiro atoms. The van der Waals surface area contributed by atoms with Gasteiger partial charge in [-0.25, -0.2) is 4.98 Å². The van der Waals surface area contributed by atoms with Crippen LogP contribution in [0.5, 0.6) is 5.75 Å². The zero-order valence-electron chi connectivity index (χ0n) is 14.7. The van der Waals surface area contributed by atoms with Crippen molar-refractivity contribution in [3.05, 3.63) is 77.7 Å². The highest BCUT2D eigenvalue weighted by molar-refractivity contribution is 7.99. The first-order valence-corrected chi connectivity index (χ1v) is 9.63. The average molecular weight is 396 g/mol. The highest BCUT2D eigenvalue weighted by Gasteiger charge is 2.13. The fraction of sp³-hybridized carbons (Fsp3) is 0.0952. The second-order valence-electron chi connectivity index (χ2n) is 6.13. The Hall–Kier alpha value is -2.63. The maximum atomic E-state index is 6.13. The van der Waals surface area contributed by atoms with E-state index in [1.54, 1.807) is 25.1 Å². The van der Waals surface area contributed by atoms with Crippen LogP contribution >= 0.6 is 23.4 Å². The molecule has 0 atom stereocenters. The zero-order chi connectivity index (χ0) is 18.8. The summed E-state index contributed by atoms with van der Waals surface area (Å²) in [6.07, 6.45) is 3.95. The van der Waals surface area contributed by atoms with Crippen molar-refractivity contribution in [2.24, 2.45) is 0 Å². The van der Waals surface area contributed by atoms with Crippen LogP contribution < -0.4 is 10.5 Å². The molecular formula is C21H18ClN3OS. The third-order valence-electron chi connectivity index (χ3n) is 4.33. The highest BCUT2D eigenvalue weighted by atomic mass is 35.5. The molecule has 6 heteroatoms. The van der Waals surface area contributed by atoms with Crippen LogP contribution in [0.25, 0.3) is 10.9 Å². The molecule has 4 nitrogen and oxygen atoms in total. The van der Waals surface area contributed by atoms with Crippen molar-refractivity contribution < 1.29 is 4.74 Å². The van der Waals surface area contributed by atoms with Crippen LogP contribution in [-0.4, -0.2) is 16.7 Å². The molecule has 2 N–H and O–H groups in total. The minimum atomic E-state index is 0.494. The normalized spacial score (nSPS) is 11.0. The molecule has 2 aromatic heterocycles. The number of fused-ring (bicyclic) bond motifs is 1. The Morgan fingerprint density at radius 3 is 2.70 bits per heavy atom. The van der Waals surface area contributed by atoms with Crippen molar-refractivity contribution in [1.82, 2.24) is 9.55 Å². The van der Waals surface area contributed by atoms with Crippen molar-refractivity contribution in [2.45, 2.75) is 16.3 Å². The summed E-state index contributed by atoms with van der Waals surface area (Å²) in [6, 6.07) is 17.8. The van der Waals surface area contributed by atoms with Gasteiger partial charge >= 0.3 is 0 Å². The number of halogens is 1. The minimum absolute atomic E-state index is 0.494. The van der Waals surface area contributed by atoms with E-state index in [0.717, 1.165) is 37.7 Å². The van der Waals surface area contributed by atoms with E-state index in [1.165, 1.54) is 0 Å². The van der Waals surface area contributed by atoms with E-state index in [0.29, 0.717) is 11.7 Å². The number of nitrogens with zero attached hydrogens (tertiary/aromatic N) is 2. The number of para-hydroxylation sites is 1. The van der Waals surface area contributed by atoms with Crippen LogP contribution in [0.1, 0.15) is 5.56 Å². The van der Waals surface area contributed by atoms with E-state index in [9.17, 15) is 0 Å². The quantitative estimate of drug-likeness (QED) is 0.359. The Kier molecular flexibility index (Phi) is 4.97. The lowest BCUT2D eigenvalue weighted by Gasteiger charge is -2.06. The maximum Gasteiger partial charge on any atom is 0.129 e. The highest BCUT2D eigenvalue weighted by Crippen LogP contribution is 2.38. The van der Waals surface area contributed by atoms with E-state index < -0.39 is 0 Å². The molecule has 0 aliphatic carbocycles. The number of benzene rings is 2. The lowest BCUT2D eigenvalue weighted by Crippen LogP contribution is -1.98. The summed E-state index contributed by atoms with van der Waals surface area (Å²) in [6.45, 7) is 0.693. The van der Waals surface area contributed by atoms with E-state index >= 15 is 0 Å². The SMILES string of the molecule is COc1ccc2c(Sc3ccccc3N)cn(Cc3ccc(Cl)nc3)c2c1. The van der Waals surface area contributed by atoms with Crippen molar-refractivity contribution in [1.29, 1.82) is 0 Å². The van der Waals surface area contributed by atoms with E-state index in [4.69, 9.17) is 22.1 Å². The number of hydrogen-bond acceptors (Lipinski definition) is 4. The molecule has 4 rings (SSSR count). The number of nitrogens with two attached hydrogens (primary N) is 1. The molecule has 2 aromatic carbocycles. The molecule has 27 heavy (non-hydrogen) atoms. The second kappa shape index (κ2) is 7.55. The fourth-order valence-electron chi connectivity index (χ4n) is 2.97. The predicted molar refractivity (Wildman–Crippen MR) is 112 cm³/mol. The van der Waals surface area contributed by atoms with Gasteiger partial charge in [-0.1, -0.05) is 41.6 Å². The predicted octanol–water partition coefficient (Wildman–Crippen LogP) is 5.48. The Morgan fingerprint density at radius 2 is 1.96 bits per heavy atom. The molecule has 0 unspecified atom stereocenters. The van der Waals surface area contributed by atoms with Crippen molar-refractivity contribution in [2.75, 3.05) is 12.8 Å². The first-order chi connectivity index (χ1) is 13.1. The largest absolute Gasteiger partial charge is 0.497 e. The van der Waals surface area contributed by atoms with Gasteiger partial charge in [-0.05, 0) is 35.9 Å². The maximum absolute atomic E-state index is 6.13. The third-order valence-corrected chi connectivity index (χ3v) is 5.69. The van der Waals surface area contributed by atoms with Crippen LogP contribution in [0.4, 0.5) is 5.69 Å². The van der Waals surface area contributed by atoms with Gasteiger partial charge in [0.1, 0.15) is 10.9 Å². The summed E-state index contributed by atoms with van der Waals surface area (Å²) in [4.78, 5) is 6.37. The second-order valence-corrected chi connectivity index (χ2v) is 7.60. The minimum Gasteiger partial charge on any atom is -0.497 e. The third kappa shape index (κ3) is 3.75. The fourth-order valence-corrected chi connectivity index (χ4v) is 4.11. The standard InChI is InChI=1S/C21H18ClN3OS/c1-26-15-7-8-16-18(10-15)25(12-14-6-9-21(22)24-11-14)13-20(16)27-19-5-3-2-4-17(19)23/h2-11,13H,12,23H2,1H3. The number of anilines is 1. The van der Waals surface area contributed by atoms with Crippen LogP contribution in [0.2, 0.25) is 5.15 Å². The van der Waals surface area contributed by atoms with Gasteiger partial charge in [0.05, 0.1) is 12.6 Å². The lowest BCUT2D eigenvalue weighted by atomic mass is 10.2. The monoisotopic (exact) mass is 395 g/mol. The molecule has 2 heterocycles. The van der Waals surface area contributed by atoms with Crippen LogP contribution in [-0.2, 0) is 6.54 Å². The van der Waals surface area contributed by atoms with Crippen LogP contribution in [0.15, 0.2) is 76.8 Å². The molecule has 0 aliphatic rings. The molecule has 0 saturated carbocycles. The van der Waals surface area contributed by atoms with Gasteiger partial charge < -0.3 is 15.0 Å². The number of hydrogen-bond donors (Lipinski definition) is 1. The Balaban J connectivity index is 1.77. The zero-order valence-corrected chi connectivity index (χ0v) is 16.3. The number of nitrogen functional groups attached to an aromatic ring is 1. The first-order valence-electron chi connectivity index (χ1n) is 8.44. The van der Waals surface area contributed by atoms with Gasteiger partial charge in [0.25, 0.3) is 0 Å². The van der Waals surface area contributed by atoms with Gasteiger partial charge in [-0.15, -0.1) is 0 Å². The molecule has 0 bridgehead atoms. The number of ether oxygens (including phenoxy) is 1. The Morgan fingerprint density at radius 1 is 1.11 bits per heavy atom. The number of rotatable bonds is 5. The van der Waals surface area contributed by atoms with Crippen molar-refractivity contribution >= 4 is 40.0 Å². The first kappa shape index (κ1) is 17.8. The molecule has 0 amide bonds. The summed E-state index contributed by atoms with van der Waals surface area (Å²) in [5.74, 6) is 0.826. The summed E-state index contributed by atoms with van der Waals surface area (Å²) in [5, 5.41) is 1.65. The molecule has 4 aromatic rings. The number of methoxy groups -OCH3 is 1. The van der Waals surface area contributed by atoms with Gasteiger partial charge in [-0.3, -0.25) is 0 Å². The van der Waals surface area contributed by atoms with E-state index in [1.807, 2.05) is 42.5 Å². The van der Waals surface area contributed by atoms with Crippen molar-refractivity contribution in [3.8, 4) is 5.75 Å². The molecule has 0 saturated heterocycles. The number of aromatic nitrogens is 2. The topological polar surface area (TPSA) is 53.1 Å². The van der Waals surface area contributed by atoms with Gasteiger partial charge in [-0.2, -0.15) is 0 Å². The molecule has 0 radical (unpaired) electrons. The Labute approximate surface area is 166 Å².